The van der Waals surface area contributed by atoms with Gasteiger partial charge in [0.05, 0.1) is 11.6 Å². The van der Waals surface area contributed by atoms with E-state index in [9.17, 15) is 19.1 Å². The topological polar surface area (TPSA) is 93.1 Å². The Hall–Kier alpha value is -2.19. The number of nitrogens with one attached hydrogen (secondary N) is 1. The Balaban J connectivity index is 2.04. The lowest BCUT2D eigenvalue weighted by molar-refractivity contribution is -0.151. The zero-order valence-corrected chi connectivity index (χ0v) is 15.1. The van der Waals surface area contributed by atoms with Gasteiger partial charge < -0.3 is 14.9 Å². The van der Waals surface area contributed by atoms with Crippen LogP contribution in [0.5, 0.6) is 0 Å². The fraction of sp³-hybridized carbons (Fsp3) is 0.556. The molecule has 0 spiro atoms. The minimum Gasteiger partial charge on any atom is -0.382 e. The van der Waals surface area contributed by atoms with Gasteiger partial charge in [0, 0.05) is 26.2 Å². The molecule has 2 atom stereocenters. The molecule has 144 valence electrons. The van der Waals surface area contributed by atoms with Crippen LogP contribution in [0, 0.1) is 17.7 Å². The van der Waals surface area contributed by atoms with Crippen molar-refractivity contribution in [3.05, 3.63) is 30.1 Å². The SMILES string of the molecule is CC(C)C[C@H](C(=O)N1CCN(c2ccccc2F)CC1)[C@@H](O)C(=O)NO. The lowest BCUT2D eigenvalue weighted by atomic mass is 9.90. The van der Waals surface area contributed by atoms with Crippen LogP contribution in [0.1, 0.15) is 20.3 Å². The van der Waals surface area contributed by atoms with Crippen LogP contribution in [0.15, 0.2) is 24.3 Å². The predicted octanol–water partition coefficient (Wildman–Crippen LogP) is 1.00. The summed E-state index contributed by atoms with van der Waals surface area (Å²) in [6, 6.07) is 6.49. The third-order valence-corrected chi connectivity index (χ3v) is 4.59. The molecule has 2 rings (SSSR count). The molecule has 1 fully saturated rings. The van der Waals surface area contributed by atoms with Crippen LogP contribution in [-0.2, 0) is 9.59 Å². The van der Waals surface area contributed by atoms with Gasteiger partial charge in [-0.2, -0.15) is 0 Å². The molecule has 2 amide bonds. The number of hydroxylamine groups is 1. The maximum Gasteiger partial charge on any atom is 0.272 e. The standard InChI is InChI=1S/C18H26FN3O4/c1-12(2)11-13(16(23)17(24)20-26)18(25)22-9-7-21(8-10-22)15-6-4-3-5-14(15)19/h3-6,12-13,16,23,26H,7-11H2,1-2H3,(H,20,24)/t13-,16+/m0/s1. The average molecular weight is 367 g/mol. The molecule has 3 N–H and O–H groups in total. The van der Waals surface area contributed by atoms with E-state index < -0.39 is 17.9 Å². The normalized spacial score (nSPS) is 17.2. The minimum atomic E-state index is -1.61. The number of hydrogen-bond donors (Lipinski definition) is 3. The number of para-hydroxylation sites is 1. The number of carbonyl (C=O) groups excluding carboxylic acids is 2. The summed E-state index contributed by atoms with van der Waals surface area (Å²) in [5.41, 5.74) is 1.90. The average Bonchev–Trinajstić information content (AvgIpc) is 2.64. The van der Waals surface area contributed by atoms with Crippen LogP contribution in [0.3, 0.4) is 0 Å². The van der Waals surface area contributed by atoms with Gasteiger partial charge in [0.1, 0.15) is 11.9 Å². The maximum absolute atomic E-state index is 13.9. The molecule has 7 nitrogen and oxygen atoms in total. The Kier molecular flexibility index (Phi) is 6.93. The molecule has 8 heteroatoms. The smallest absolute Gasteiger partial charge is 0.272 e. The Bertz CT molecular complexity index is 633. The molecule has 0 unspecified atom stereocenters. The van der Waals surface area contributed by atoms with Gasteiger partial charge in [-0.25, -0.2) is 9.87 Å². The quantitative estimate of drug-likeness (QED) is 0.515. The predicted molar refractivity (Wildman–Crippen MR) is 94.1 cm³/mol. The van der Waals surface area contributed by atoms with Gasteiger partial charge in [-0.05, 0) is 24.5 Å². The molecule has 1 aromatic rings. The van der Waals surface area contributed by atoms with E-state index in [-0.39, 0.29) is 17.6 Å². The number of aliphatic hydroxyl groups excluding tert-OH is 1. The Morgan fingerprint density at radius 2 is 1.81 bits per heavy atom. The van der Waals surface area contributed by atoms with Crippen molar-refractivity contribution >= 4 is 17.5 Å². The largest absolute Gasteiger partial charge is 0.382 e. The molecular weight excluding hydrogens is 341 g/mol. The van der Waals surface area contributed by atoms with Gasteiger partial charge in [-0.15, -0.1) is 0 Å². The Labute approximate surface area is 152 Å². The van der Waals surface area contributed by atoms with Crippen LogP contribution >= 0.6 is 0 Å². The van der Waals surface area contributed by atoms with Gasteiger partial charge in [-0.1, -0.05) is 26.0 Å². The number of anilines is 1. The highest BCUT2D eigenvalue weighted by Crippen LogP contribution is 2.23. The number of halogens is 1. The number of amides is 2. The summed E-state index contributed by atoms with van der Waals surface area (Å²) in [6.45, 7) is 5.44. The molecule has 1 saturated heterocycles. The number of hydrogen-bond acceptors (Lipinski definition) is 5. The zero-order valence-electron chi connectivity index (χ0n) is 15.1. The van der Waals surface area contributed by atoms with Crippen LogP contribution in [0.2, 0.25) is 0 Å². The van der Waals surface area contributed by atoms with Crippen molar-refractivity contribution in [2.75, 3.05) is 31.1 Å². The molecule has 0 bridgehead atoms. The van der Waals surface area contributed by atoms with E-state index in [1.165, 1.54) is 11.5 Å². The number of piperazine rings is 1. The highest BCUT2D eigenvalue weighted by Gasteiger charge is 2.36. The first-order chi connectivity index (χ1) is 12.3. The second-order valence-electron chi connectivity index (χ2n) is 6.92. The van der Waals surface area contributed by atoms with E-state index in [2.05, 4.69) is 0 Å². The minimum absolute atomic E-state index is 0.0878. The first-order valence-electron chi connectivity index (χ1n) is 8.75. The number of carbonyl (C=O) groups is 2. The third kappa shape index (κ3) is 4.70. The number of rotatable bonds is 6. The molecule has 0 radical (unpaired) electrons. The zero-order chi connectivity index (χ0) is 19.3. The fourth-order valence-electron chi connectivity index (χ4n) is 3.23. The van der Waals surface area contributed by atoms with E-state index in [0.29, 0.717) is 38.3 Å². The summed E-state index contributed by atoms with van der Waals surface area (Å²) >= 11 is 0. The van der Waals surface area contributed by atoms with Crippen molar-refractivity contribution < 1.29 is 24.3 Å². The first kappa shape index (κ1) is 20.1. The van der Waals surface area contributed by atoms with E-state index in [0.717, 1.165) is 0 Å². The number of benzene rings is 1. The summed E-state index contributed by atoms with van der Waals surface area (Å²) in [7, 11) is 0. The molecule has 26 heavy (non-hydrogen) atoms. The molecule has 1 aliphatic heterocycles. The number of nitrogens with zero attached hydrogens (tertiary/aromatic N) is 2. The fourth-order valence-corrected chi connectivity index (χ4v) is 3.23. The molecular formula is C18H26FN3O4. The van der Waals surface area contributed by atoms with Gasteiger partial charge in [0.15, 0.2) is 0 Å². The summed E-state index contributed by atoms with van der Waals surface area (Å²) in [4.78, 5) is 27.8. The van der Waals surface area contributed by atoms with Gasteiger partial charge in [-0.3, -0.25) is 14.8 Å². The molecule has 0 aromatic heterocycles. The van der Waals surface area contributed by atoms with E-state index in [1.54, 1.807) is 23.1 Å². The number of aliphatic hydroxyl groups is 1. The van der Waals surface area contributed by atoms with Crippen molar-refractivity contribution in [3.63, 3.8) is 0 Å². The van der Waals surface area contributed by atoms with Crippen LogP contribution in [0.25, 0.3) is 0 Å². The summed E-state index contributed by atoms with van der Waals surface area (Å²) in [6.07, 6.45) is -1.29. The van der Waals surface area contributed by atoms with Crippen molar-refractivity contribution in [3.8, 4) is 0 Å². The molecule has 1 heterocycles. The Morgan fingerprint density at radius 1 is 1.19 bits per heavy atom. The van der Waals surface area contributed by atoms with Gasteiger partial charge in [0.2, 0.25) is 5.91 Å². The summed E-state index contributed by atoms with van der Waals surface area (Å²) in [5.74, 6) is -2.47. The van der Waals surface area contributed by atoms with Crippen molar-refractivity contribution in [1.82, 2.24) is 10.4 Å². The van der Waals surface area contributed by atoms with E-state index in [1.807, 2.05) is 18.7 Å². The van der Waals surface area contributed by atoms with E-state index >= 15 is 0 Å². The maximum atomic E-state index is 13.9. The Morgan fingerprint density at radius 3 is 2.35 bits per heavy atom. The summed E-state index contributed by atoms with van der Waals surface area (Å²) in [5, 5.41) is 18.9. The monoisotopic (exact) mass is 367 g/mol. The van der Waals surface area contributed by atoms with Crippen molar-refractivity contribution in [1.29, 1.82) is 0 Å². The van der Waals surface area contributed by atoms with Gasteiger partial charge in [0.25, 0.3) is 5.91 Å². The van der Waals surface area contributed by atoms with Crippen LogP contribution in [-0.4, -0.2) is 59.3 Å². The lowest BCUT2D eigenvalue weighted by Gasteiger charge is -2.38. The molecule has 1 aliphatic rings. The van der Waals surface area contributed by atoms with Crippen molar-refractivity contribution in [2.24, 2.45) is 11.8 Å². The second kappa shape index (κ2) is 8.95. The van der Waals surface area contributed by atoms with Gasteiger partial charge >= 0.3 is 0 Å². The van der Waals surface area contributed by atoms with Crippen molar-refractivity contribution in [2.45, 2.75) is 26.4 Å². The first-order valence-corrected chi connectivity index (χ1v) is 8.75. The molecule has 0 saturated carbocycles. The lowest BCUT2D eigenvalue weighted by Crippen LogP contribution is -2.53. The molecule has 1 aromatic carbocycles. The van der Waals surface area contributed by atoms with E-state index in [4.69, 9.17) is 5.21 Å². The second-order valence-corrected chi connectivity index (χ2v) is 6.92. The summed E-state index contributed by atoms with van der Waals surface area (Å²) < 4.78 is 13.9. The van der Waals surface area contributed by atoms with Crippen LogP contribution in [0.4, 0.5) is 10.1 Å². The third-order valence-electron chi connectivity index (χ3n) is 4.59. The van der Waals surface area contributed by atoms with Crippen LogP contribution < -0.4 is 10.4 Å². The highest BCUT2D eigenvalue weighted by molar-refractivity contribution is 5.88. The molecule has 0 aliphatic carbocycles. The highest BCUT2D eigenvalue weighted by atomic mass is 19.1.